The first kappa shape index (κ1) is 9.33. The number of hydrogen-bond acceptors (Lipinski definition) is 4. The highest BCUT2D eigenvalue weighted by atomic mass is 16.1. The molecule has 1 aliphatic rings. The second kappa shape index (κ2) is 3.49. The van der Waals surface area contributed by atoms with Crippen molar-refractivity contribution in [3.63, 3.8) is 0 Å². The van der Waals surface area contributed by atoms with Gasteiger partial charge in [-0.1, -0.05) is 6.92 Å². The second-order valence-electron chi connectivity index (χ2n) is 3.83. The van der Waals surface area contributed by atoms with Crippen molar-refractivity contribution in [1.29, 1.82) is 0 Å². The molecule has 1 aliphatic heterocycles. The molecule has 0 saturated carbocycles. The van der Waals surface area contributed by atoms with Crippen molar-refractivity contribution in [3.05, 3.63) is 11.9 Å². The summed E-state index contributed by atoms with van der Waals surface area (Å²) in [7, 11) is 1.72. The fourth-order valence-corrected chi connectivity index (χ4v) is 1.81. The number of ketones is 1. The number of aryl methyl sites for hydroxylation is 1. The molecule has 2 rings (SSSR count). The van der Waals surface area contributed by atoms with Crippen LogP contribution in [0.3, 0.4) is 0 Å². The van der Waals surface area contributed by atoms with Gasteiger partial charge in [0.25, 0.3) is 0 Å². The lowest BCUT2D eigenvalue weighted by Gasteiger charge is -2.09. The molecule has 1 saturated heterocycles. The van der Waals surface area contributed by atoms with Gasteiger partial charge in [-0.05, 0) is 12.5 Å². The van der Waals surface area contributed by atoms with E-state index in [1.807, 2.05) is 0 Å². The van der Waals surface area contributed by atoms with E-state index in [1.54, 1.807) is 7.05 Å². The molecule has 0 aliphatic carbocycles. The Bertz CT molecular complexity index is 346. The summed E-state index contributed by atoms with van der Waals surface area (Å²) in [5.74, 6) is 0.562. The molecular formula is C9H14N4O. The van der Waals surface area contributed by atoms with Crippen LogP contribution in [-0.4, -0.2) is 33.9 Å². The Kier molecular flexibility index (Phi) is 2.33. The van der Waals surface area contributed by atoms with Crippen LogP contribution in [0.15, 0.2) is 6.20 Å². The predicted molar refractivity (Wildman–Crippen MR) is 50.9 cm³/mol. The summed E-state index contributed by atoms with van der Waals surface area (Å²) in [5, 5.41) is 11.1. The minimum Gasteiger partial charge on any atom is -0.316 e. The molecule has 14 heavy (non-hydrogen) atoms. The monoisotopic (exact) mass is 194 g/mol. The number of Topliss-reactive ketones (excluding diaryl/α,β-unsaturated/α-hetero) is 1. The van der Waals surface area contributed by atoms with Crippen molar-refractivity contribution in [2.24, 2.45) is 18.9 Å². The lowest BCUT2D eigenvalue weighted by Crippen LogP contribution is -2.22. The molecule has 2 heterocycles. The first-order chi connectivity index (χ1) is 6.68. The van der Waals surface area contributed by atoms with E-state index in [1.165, 1.54) is 11.0 Å². The van der Waals surface area contributed by atoms with Crippen LogP contribution in [0.2, 0.25) is 0 Å². The van der Waals surface area contributed by atoms with E-state index in [9.17, 15) is 4.79 Å². The highest BCUT2D eigenvalue weighted by Gasteiger charge is 2.31. The van der Waals surface area contributed by atoms with E-state index in [0.29, 0.717) is 11.6 Å². The third-order valence-corrected chi connectivity index (χ3v) is 2.71. The third kappa shape index (κ3) is 1.55. The Morgan fingerprint density at radius 2 is 2.43 bits per heavy atom. The van der Waals surface area contributed by atoms with Crippen molar-refractivity contribution in [2.75, 3.05) is 13.1 Å². The van der Waals surface area contributed by atoms with Crippen LogP contribution in [0.1, 0.15) is 17.4 Å². The number of nitrogens with zero attached hydrogens (tertiary/aromatic N) is 3. The Labute approximate surface area is 82.5 Å². The lowest BCUT2D eigenvalue weighted by molar-refractivity contribution is 0.0902. The van der Waals surface area contributed by atoms with E-state index >= 15 is 0 Å². The molecule has 1 fully saturated rings. The average Bonchev–Trinajstić information content (AvgIpc) is 2.73. The molecule has 1 aromatic heterocycles. The van der Waals surface area contributed by atoms with E-state index < -0.39 is 0 Å². The van der Waals surface area contributed by atoms with Crippen LogP contribution in [0.25, 0.3) is 0 Å². The summed E-state index contributed by atoms with van der Waals surface area (Å²) >= 11 is 0. The van der Waals surface area contributed by atoms with E-state index in [2.05, 4.69) is 22.4 Å². The molecule has 5 nitrogen and oxygen atoms in total. The Hall–Kier alpha value is -1.23. The van der Waals surface area contributed by atoms with Gasteiger partial charge in [-0.25, -0.2) is 0 Å². The molecule has 0 radical (unpaired) electrons. The molecule has 0 amide bonds. The van der Waals surface area contributed by atoms with Crippen LogP contribution in [0, 0.1) is 11.8 Å². The standard InChI is InChI=1S/C9H14N4O/c1-6-3-10-4-7(6)9(14)8-5-11-13(2)12-8/h5-7,10H,3-4H2,1-2H3. The number of rotatable bonds is 2. The second-order valence-corrected chi connectivity index (χ2v) is 3.83. The van der Waals surface area contributed by atoms with E-state index in [0.717, 1.165) is 13.1 Å². The highest BCUT2D eigenvalue weighted by Crippen LogP contribution is 2.19. The molecule has 2 atom stereocenters. The van der Waals surface area contributed by atoms with E-state index in [4.69, 9.17) is 0 Å². The van der Waals surface area contributed by atoms with Gasteiger partial charge < -0.3 is 5.32 Å². The SMILES string of the molecule is CC1CNCC1C(=O)c1cnn(C)n1. The van der Waals surface area contributed by atoms with Crippen molar-refractivity contribution >= 4 is 5.78 Å². The number of carbonyl (C=O) groups excluding carboxylic acids is 1. The molecule has 76 valence electrons. The molecule has 2 unspecified atom stereocenters. The van der Waals surface area contributed by atoms with Crippen LogP contribution in [0.5, 0.6) is 0 Å². The van der Waals surface area contributed by atoms with Gasteiger partial charge in [-0.2, -0.15) is 15.0 Å². The lowest BCUT2D eigenvalue weighted by atomic mass is 9.92. The minimum atomic E-state index is 0.0618. The van der Waals surface area contributed by atoms with Gasteiger partial charge in [0.05, 0.1) is 6.20 Å². The maximum atomic E-state index is 11.9. The van der Waals surface area contributed by atoms with Crippen molar-refractivity contribution in [3.8, 4) is 0 Å². The summed E-state index contributed by atoms with van der Waals surface area (Å²) in [5.41, 5.74) is 0.480. The molecule has 1 aromatic rings. The molecule has 1 N–H and O–H groups in total. The molecule has 0 aromatic carbocycles. The third-order valence-electron chi connectivity index (χ3n) is 2.71. The number of carbonyl (C=O) groups is 1. The number of nitrogens with one attached hydrogen (secondary N) is 1. The maximum absolute atomic E-state index is 11.9. The first-order valence-electron chi connectivity index (χ1n) is 4.79. The summed E-state index contributed by atoms with van der Waals surface area (Å²) in [6, 6.07) is 0. The number of aromatic nitrogens is 3. The van der Waals surface area contributed by atoms with Gasteiger partial charge in [-0.3, -0.25) is 4.79 Å². The smallest absolute Gasteiger partial charge is 0.189 e. The maximum Gasteiger partial charge on any atom is 0.189 e. The fraction of sp³-hybridized carbons (Fsp3) is 0.667. The van der Waals surface area contributed by atoms with Crippen molar-refractivity contribution in [2.45, 2.75) is 6.92 Å². The zero-order chi connectivity index (χ0) is 10.1. The molecule has 5 heteroatoms. The normalized spacial score (nSPS) is 26.7. The highest BCUT2D eigenvalue weighted by molar-refractivity contribution is 5.96. The summed E-state index contributed by atoms with van der Waals surface area (Å²) in [6.45, 7) is 3.76. The van der Waals surface area contributed by atoms with Crippen LogP contribution < -0.4 is 5.32 Å². The van der Waals surface area contributed by atoms with Crippen LogP contribution >= 0.6 is 0 Å². The molecular weight excluding hydrogens is 180 g/mol. The quantitative estimate of drug-likeness (QED) is 0.665. The zero-order valence-electron chi connectivity index (χ0n) is 8.40. The Balaban J connectivity index is 2.15. The van der Waals surface area contributed by atoms with Gasteiger partial charge >= 0.3 is 0 Å². The fourth-order valence-electron chi connectivity index (χ4n) is 1.81. The largest absolute Gasteiger partial charge is 0.316 e. The van der Waals surface area contributed by atoms with E-state index in [-0.39, 0.29) is 11.7 Å². The average molecular weight is 194 g/mol. The van der Waals surface area contributed by atoms with Crippen LogP contribution in [0.4, 0.5) is 0 Å². The predicted octanol–water partition coefficient (Wildman–Crippen LogP) is -0.147. The van der Waals surface area contributed by atoms with Gasteiger partial charge in [0.15, 0.2) is 5.78 Å². The zero-order valence-corrected chi connectivity index (χ0v) is 8.40. The van der Waals surface area contributed by atoms with Crippen LogP contribution in [-0.2, 0) is 7.05 Å². The van der Waals surface area contributed by atoms with Crippen molar-refractivity contribution < 1.29 is 4.79 Å². The molecule has 0 spiro atoms. The summed E-state index contributed by atoms with van der Waals surface area (Å²) < 4.78 is 0. The van der Waals surface area contributed by atoms with Gasteiger partial charge in [0.1, 0.15) is 5.69 Å². The summed E-state index contributed by atoms with van der Waals surface area (Å²) in [6.07, 6.45) is 1.54. The summed E-state index contributed by atoms with van der Waals surface area (Å²) in [4.78, 5) is 13.3. The minimum absolute atomic E-state index is 0.0618. The Morgan fingerprint density at radius 3 is 2.93 bits per heavy atom. The van der Waals surface area contributed by atoms with Crippen molar-refractivity contribution in [1.82, 2.24) is 20.3 Å². The van der Waals surface area contributed by atoms with Gasteiger partial charge in [0.2, 0.25) is 0 Å². The first-order valence-corrected chi connectivity index (χ1v) is 4.79. The number of hydrogen-bond donors (Lipinski definition) is 1. The Morgan fingerprint density at radius 1 is 1.64 bits per heavy atom. The molecule has 0 bridgehead atoms. The topological polar surface area (TPSA) is 59.8 Å². The van der Waals surface area contributed by atoms with Gasteiger partial charge in [-0.15, -0.1) is 0 Å². The van der Waals surface area contributed by atoms with Gasteiger partial charge in [0, 0.05) is 19.5 Å².